The molecule has 4 nitrogen and oxygen atoms in total. The van der Waals surface area contributed by atoms with E-state index in [1.807, 2.05) is 18.7 Å². The van der Waals surface area contributed by atoms with Crippen molar-refractivity contribution in [3.05, 3.63) is 0 Å². The van der Waals surface area contributed by atoms with Crippen LogP contribution in [0.5, 0.6) is 0 Å². The lowest BCUT2D eigenvalue weighted by Crippen LogP contribution is -2.28. The highest BCUT2D eigenvalue weighted by molar-refractivity contribution is 5.78. The first kappa shape index (κ1) is 13.5. The number of aliphatic hydroxyl groups is 1. The van der Waals surface area contributed by atoms with E-state index in [0.717, 1.165) is 25.9 Å². The molecule has 1 fully saturated rings. The van der Waals surface area contributed by atoms with Crippen LogP contribution >= 0.6 is 0 Å². The maximum absolute atomic E-state index is 11.6. The van der Waals surface area contributed by atoms with Gasteiger partial charge in [-0.15, -0.1) is 0 Å². The lowest BCUT2D eigenvalue weighted by molar-refractivity contribution is -0.127. The largest absolute Gasteiger partial charge is 0.396 e. The maximum atomic E-state index is 11.6. The van der Waals surface area contributed by atoms with E-state index in [4.69, 9.17) is 10.8 Å². The maximum Gasteiger partial charge on any atom is 0.222 e. The van der Waals surface area contributed by atoms with Crippen LogP contribution in [-0.2, 0) is 4.79 Å². The molecule has 0 radical (unpaired) electrons. The fourth-order valence-electron chi connectivity index (χ4n) is 2.06. The molecule has 1 rings (SSSR count). The molecule has 16 heavy (non-hydrogen) atoms. The lowest BCUT2D eigenvalue weighted by Gasteiger charge is -2.23. The third-order valence-electron chi connectivity index (χ3n) is 3.34. The summed E-state index contributed by atoms with van der Waals surface area (Å²) in [5.74, 6) is 0.579. The topological polar surface area (TPSA) is 66.6 Å². The predicted molar refractivity (Wildman–Crippen MR) is 63.8 cm³/mol. The zero-order chi connectivity index (χ0) is 12.2. The van der Waals surface area contributed by atoms with Gasteiger partial charge in [0.15, 0.2) is 0 Å². The molecule has 1 heterocycles. The Bertz CT molecular complexity index is 241. The number of carbonyl (C=O) groups excluding carboxylic acids is 1. The van der Waals surface area contributed by atoms with E-state index < -0.39 is 0 Å². The third-order valence-corrected chi connectivity index (χ3v) is 3.34. The second kappa shape index (κ2) is 5.64. The fourth-order valence-corrected chi connectivity index (χ4v) is 2.06. The van der Waals surface area contributed by atoms with Crippen molar-refractivity contribution in [2.45, 2.75) is 33.1 Å². The Labute approximate surface area is 97.8 Å². The van der Waals surface area contributed by atoms with Crippen LogP contribution in [0.1, 0.15) is 33.1 Å². The fraction of sp³-hybridized carbons (Fsp3) is 0.917. The Morgan fingerprint density at radius 2 is 2.25 bits per heavy atom. The summed E-state index contributed by atoms with van der Waals surface area (Å²) in [5, 5.41) is 9.12. The van der Waals surface area contributed by atoms with Crippen molar-refractivity contribution in [2.75, 3.05) is 26.2 Å². The standard InChI is InChI=1S/C12H24N2O2/c1-12(2,9-15)4-3-5-14-8-10(7-13)6-11(14)16/h10,15H,3-9,13H2,1-2H3. The molecule has 0 aromatic heterocycles. The number of amides is 1. The number of likely N-dealkylation sites (tertiary alicyclic amines) is 1. The van der Waals surface area contributed by atoms with Gasteiger partial charge in [-0.2, -0.15) is 0 Å². The molecule has 3 N–H and O–H groups in total. The van der Waals surface area contributed by atoms with E-state index in [2.05, 4.69) is 0 Å². The van der Waals surface area contributed by atoms with Crippen LogP contribution in [-0.4, -0.2) is 42.2 Å². The molecular formula is C12H24N2O2. The van der Waals surface area contributed by atoms with Crippen molar-refractivity contribution in [3.8, 4) is 0 Å². The molecule has 1 aliphatic heterocycles. The SMILES string of the molecule is CC(C)(CO)CCCN1CC(CN)CC1=O. The molecule has 1 saturated heterocycles. The van der Waals surface area contributed by atoms with Crippen LogP contribution in [0.15, 0.2) is 0 Å². The lowest BCUT2D eigenvalue weighted by atomic mass is 9.89. The van der Waals surface area contributed by atoms with Gasteiger partial charge in [0.05, 0.1) is 0 Å². The Morgan fingerprint density at radius 1 is 1.56 bits per heavy atom. The second-order valence-corrected chi connectivity index (χ2v) is 5.57. The summed E-state index contributed by atoms with van der Waals surface area (Å²) in [5.41, 5.74) is 5.53. The normalized spacial score (nSPS) is 21.9. The molecule has 0 spiro atoms. The first-order valence-electron chi connectivity index (χ1n) is 6.07. The van der Waals surface area contributed by atoms with Gasteiger partial charge in [-0.3, -0.25) is 4.79 Å². The molecule has 0 aromatic rings. The quantitative estimate of drug-likeness (QED) is 0.699. The van der Waals surface area contributed by atoms with Gasteiger partial charge in [0.25, 0.3) is 0 Å². The van der Waals surface area contributed by atoms with Gasteiger partial charge >= 0.3 is 0 Å². The molecule has 0 aromatic carbocycles. The number of carbonyl (C=O) groups is 1. The minimum atomic E-state index is -0.0317. The first-order chi connectivity index (χ1) is 7.48. The summed E-state index contributed by atoms with van der Waals surface area (Å²) in [4.78, 5) is 13.5. The summed E-state index contributed by atoms with van der Waals surface area (Å²) < 4.78 is 0. The van der Waals surface area contributed by atoms with Crippen molar-refractivity contribution >= 4 is 5.91 Å². The van der Waals surface area contributed by atoms with E-state index in [1.165, 1.54) is 0 Å². The molecule has 1 aliphatic rings. The van der Waals surface area contributed by atoms with Crippen molar-refractivity contribution in [1.29, 1.82) is 0 Å². The minimum Gasteiger partial charge on any atom is -0.396 e. The van der Waals surface area contributed by atoms with Gasteiger partial charge in [-0.25, -0.2) is 0 Å². The first-order valence-corrected chi connectivity index (χ1v) is 6.07. The number of hydrogen-bond acceptors (Lipinski definition) is 3. The summed E-state index contributed by atoms with van der Waals surface area (Å²) in [6.07, 6.45) is 2.51. The number of hydrogen-bond donors (Lipinski definition) is 2. The molecule has 94 valence electrons. The molecule has 1 amide bonds. The minimum absolute atomic E-state index is 0.0317. The van der Waals surface area contributed by atoms with Crippen molar-refractivity contribution in [1.82, 2.24) is 4.90 Å². The number of nitrogens with zero attached hydrogens (tertiary/aromatic N) is 1. The predicted octanol–water partition coefficient (Wildman–Crippen LogP) is 0.592. The van der Waals surface area contributed by atoms with Crippen LogP contribution in [0.2, 0.25) is 0 Å². The average molecular weight is 228 g/mol. The van der Waals surface area contributed by atoms with Gasteiger partial charge in [0.2, 0.25) is 5.91 Å². The molecule has 4 heteroatoms. The van der Waals surface area contributed by atoms with Crippen molar-refractivity contribution in [3.63, 3.8) is 0 Å². The number of nitrogens with two attached hydrogens (primary N) is 1. The molecule has 0 bridgehead atoms. The van der Waals surface area contributed by atoms with Crippen LogP contribution in [0.3, 0.4) is 0 Å². The van der Waals surface area contributed by atoms with E-state index >= 15 is 0 Å². The molecular weight excluding hydrogens is 204 g/mol. The molecule has 0 aliphatic carbocycles. The van der Waals surface area contributed by atoms with E-state index in [9.17, 15) is 4.79 Å². The van der Waals surface area contributed by atoms with Gasteiger partial charge in [-0.05, 0) is 30.7 Å². The van der Waals surface area contributed by atoms with Gasteiger partial charge in [0, 0.05) is 26.1 Å². The molecule has 1 atom stereocenters. The van der Waals surface area contributed by atoms with Crippen molar-refractivity contribution in [2.24, 2.45) is 17.1 Å². The second-order valence-electron chi connectivity index (χ2n) is 5.57. The van der Waals surface area contributed by atoms with Crippen LogP contribution in [0, 0.1) is 11.3 Å². The monoisotopic (exact) mass is 228 g/mol. The zero-order valence-electron chi connectivity index (χ0n) is 10.4. The number of rotatable bonds is 6. The summed E-state index contributed by atoms with van der Waals surface area (Å²) >= 11 is 0. The highest BCUT2D eigenvalue weighted by atomic mass is 16.3. The van der Waals surface area contributed by atoms with Gasteiger partial charge in [-0.1, -0.05) is 13.8 Å². The average Bonchev–Trinajstić information content (AvgIpc) is 2.60. The van der Waals surface area contributed by atoms with E-state index in [-0.39, 0.29) is 17.9 Å². The smallest absolute Gasteiger partial charge is 0.222 e. The van der Waals surface area contributed by atoms with Gasteiger partial charge in [0.1, 0.15) is 0 Å². The van der Waals surface area contributed by atoms with Crippen molar-refractivity contribution < 1.29 is 9.90 Å². The highest BCUT2D eigenvalue weighted by Gasteiger charge is 2.28. The Balaban J connectivity index is 2.26. The van der Waals surface area contributed by atoms with Crippen LogP contribution in [0.25, 0.3) is 0 Å². The summed E-state index contributed by atoms with van der Waals surface area (Å²) in [6.45, 7) is 6.51. The van der Waals surface area contributed by atoms with Crippen LogP contribution in [0.4, 0.5) is 0 Å². The van der Waals surface area contributed by atoms with Crippen LogP contribution < -0.4 is 5.73 Å². The molecule has 1 unspecified atom stereocenters. The number of aliphatic hydroxyl groups excluding tert-OH is 1. The van der Waals surface area contributed by atoms with E-state index in [1.54, 1.807) is 0 Å². The third kappa shape index (κ3) is 3.76. The zero-order valence-corrected chi connectivity index (χ0v) is 10.4. The Kier molecular flexibility index (Phi) is 4.74. The van der Waals surface area contributed by atoms with Gasteiger partial charge < -0.3 is 15.7 Å². The highest BCUT2D eigenvalue weighted by Crippen LogP contribution is 2.23. The van der Waals surface area contributed by atoms with E-state index in [0.29, 0.717) is 18.9 Å². The summed E-state index contributed by atoms with van der Waals surface area (Å²) in [7, 11) is 0. The Hall–Kier alpha value is -0.610. The summed E-state index contributed by atoms with van der Waals surface area (Å²) in [6, 6.07) is 0. The Morgan fingerprint density at radius 3 is 2.75 bits per heavy atom. The molecule has 0 saturated carbocycles.